The Hall–Kier alpha value is -6.55. The number of alkyl carbamates (subject to hydrolysis) is 1. The number of aryl methyl sites for hydroxylation is 4. The third-order valence-corrected chi connectivity index (χ3v) is 9.39. The fourth-order valence-electron chi connectivity index (χ4n) is 5.79. The maximum atomic E-state index is 13.0. The van der Waals surface area contributed by atoms with Crippen molar-refractivity contribution in [2.75, 3.05) is 11.5 Å². The standard InChI is InChI=1S/C25H35N5O4.C20H27N5O2/c1-16-13-21(26)27-14-19(16)15-28-22(31)17(2)29-23(32)20(30-24(33)34-25(3,4)5)12-11-18-9-7-6-8-10-18;1-13-10-18(22)23-11-16(13)12-24-19(26)14(2)25-20(27)17(21)9-8-15-6-4-3-5-7-15/h6-10,13-14,17,20H,11-12,15H2,1-5H3,(H2,26,27)(H,28,31)(H,29,32)(H,30,33);3-7,10-11,14,17H,8-9,12,21H2,1-2H3,(H2,22,23)(H,24,26)(H,25,27)/t17-,20+;14-,17+/m00/s1. The number of aromatic nitrogens is 2. The van der Waals surface area contributed by atoms with Crippen LogP contribution in [0.15, 0.2) is 85.2 Å². The highest BCUT2D eigenvalue weighted by Gasteiger charge is 2.27. The molecule has 328 valence electrons. The van der Waals surface area contributed by atoms with Gasteiger partial charge in [0.15, 0.2) is 0 Å². The zero-order valence-electron chi connectivity index (χ0n) is 36.2. The van der Waals surface area contributed by atoms with E-state index in [2.05, 4.69) is 36.6 Å². The van der Waals surface area contributed by atoms with Crippen molar-refractivity contribution in [1.29, 1.82) is 0 Å². The maximum Gasteiger partial charge on any atom is 0.408 e. The van der Waals surface area contributed by atoms with Crippen LogP contribution in [-0.4, -0.2) is 69.5 Å². The number of nitrogens with one attached hydrogen (secondary N) is 5. The molecule has 2 aromatic heterocycles. The van der Waals surface area contributed by atoms with E-state index >= 15 is 0 Å². The predicted octanol–water partition coefficient (Wildman–Crippen LogP) is 3.67. The minimum atomic E-state index is -0.867. The van der Waals surface area contributed by atoms with Crippen LogP contribution >= 0.6 is 0 Å². The first-order chi connectivity index (χ1) is 28.8. The average Bonchev–Trinajstić information content (AvgIpc) is 3.20. The second kappa shape index (κ2) is 23.9. The molecule has 0 aliphatic rings. The van der Waals surface area contributed by atoms with Gasteiger partial charge in [0, 0.05) is 25.5 Å². The van der Waals surface area contributed by atoms with E-state index in [9.17, 15) is 24.0 Å². The summed E-state index contributed by atoms with van der Waals surface area (Å²) in [6.07, 6.45) is 4.69. The van der Waals surface area contributed by atoms with Crippen LogP contribution in [0.1, 0.15) is 80.8 Å². The normalized spacial score (nSPS) is 12.9. The van der Waals surface area contributed by atoms with Gasteiger partial charge in [-0.15, -0.1) is 0 Å². The highest BCUT2D eigenvalue weighted by Crippen LogP contribution is 2.12. The molecule has 4 atom stereocenters. The summed E-state index contributed by atoms with van der Waals surface area (Å²) in [5.74, 6) is -0.591. The van der Waals surface area contributed by atoms with Crippen molar-refractivity contribution < 1.29 is 28.7 Å². The summed E-state index contributed by atoms with van der Waals surface area (Å²) < 4.78 is 5.31. The summed E-state index contributed by atoms with van der Waals surface area (Å²) >= 11 is 0. The average molecular weight is 839 g/mol. The smallest absolute Gasteiger partial charge is 0.408 e. The first-order valence-electron chi connectivity index (χ1n) is 20.2. The third kappa shape index (κ3) is 18.1. The molecule has 2 aromatic carbocycles. The van der Waals surface area contributed by atoms with Gasteiger partial charge in [0.2, 0.25) is 23.6 Å². The van der Waals surface area contributed by atoms with Gasteiger partial charge < -0.3 is 48.5 Å². The number of hydrogen-bond donors (Lipinski definition) is 8. The number of nitrogen functional groups attached to an aromatic ring is 2. The number of nitrogens with two attached hydrogens (primary N) is 3. The van der Waals surface area contributed by atoms with Crippen LogP contribution in [0.3, 0.4) is 0 Å². The molecule has 0 unspecified atom stereocenters. The third-order valence-electron chi connectivity index (χ3n) is 9.39. The van der Waals surface area contributed by atoms with Crippen molar-refractivity contribution in [3.63, 3.8) is 0 Å². The Morgan fingerprint density at radius 2 is 1.07 bits per heavy atom. The minimum absolute atomic E-state index is 0.256. The van der Waals surface area contributed by atoms with Crippen molar-refractivity contribution in [3.8, 4) is 0 Å². The summed E-state index contributed by atoms with van der Waals surface area (Å²) in [6.45, 7) is 12.8. The predicted molar refractivity (Wildman–Crippen MR) is 236 cm³/mol. The molecule has 16 heteroatoms. The Morgan fingerprint density at radius 1 is 0.639 bits per heavy atom. The fourth-order valence-corrected chi connectivity index (χ4v) is 5.79. The number of nitrogens with zero attached hydrogens (tertiary/aromatic N) is 2. The van der Waals surface area contributed by atoms with E-state index in [1.54, 1.807) is 59.1 Å². The zero-order valence-corrected chi connectivity index (χ0v) is 36.2. The lowest BCUT2D eigenvalue weighted by atomic mass is 10.0. The Bertz CT molecular complexity index is 2060. The molecular weight excluding hydrogens is 777 g/mol. The van der Waals surface area contributed by atoms with Crippen molar-refractivity contribution in [1.82, 2.24) is 36.6 Å². The van der Waals surface area contributed by atoms with E-state index in [-0.39, 0.29) is 24.3 Å². The number of rotatable bonds is 17. The minimum Gasteiger partial charge on any atom is -0.444 e. The molecule has 0 fully saturated rings. The monoisotopic (exact) mass is 838 g/mol. The molecule has 16 nitrogen and oxygen atoms in total. The number of amides is 5. The van der Waals surface area contributed by atoms with Crippen molar-refractivity contribution in [2.45, 2.75) is 117 Å². The number of carbonyl (C=O) groups excluding carboxylic acids is 5. The summed E-state index contributed by atoms with van der Waals surface area (Å²) in [6, 6.07) is 19.9. The first-order valence-corrected chi connectivity index (χ1v) is 20.2. The van der Waals surface area contributed by atoms with Crippen molar-refractivity contribution in [3.05, 3.63) is 119 Å². The van der Waals surface area contributed by atoms with Crippen LogP contribution in [0.25, 0.3) is 0 Å². The molecule has 0 aliphatic heterocycles. The zero-order chi connectivity index (χ0) is 45.1. The number of ether oxygens (including phenoxy) is 1. The number of benzene rings is 2. The van der Waals surface area contributed by atoms with Crippen LogP contribution in [0.5, 0.6) is 0 Å². The van der Waals surface area contributed by atoms with Crippen LogP contribution < -0.4 is 43.8 Å². The topological polar surface area (TPSA) is 259 Å². The van der Waals surface area contributed by atoms with E-state index in [0.29, 0.717) is 43.9 Å². The summed E-state index contributed by atoms with van der Waals surface area (Å²) in [5, 5.41) is 13.6. The van der Waals surface area contributed by atoms with Gasteiger partial charge in [0.05, 0.1) is 6.04 Å². The molecule has 5 amide bonds. The number of anilines is 2. The van der Waals surface area contributed by atoms with Gasteiger partial charge >= 0.3 is 6.09 Å². The van der Waals surface area contributed by atoms with Crippen molar-refractivity contribution >= 4 is 41.4 Å². The Labute approximate surface area is 358 Å². The SMILES string of the molecule is Cc1cc(N)ncc1CNC(=O)[C@H](C)NC(=O)[C@@H](CCc1ccccc1)NC(=O)OC(C)(C)C.Cc1cc(N)ncc1CNC(=O)[C@H](C)NC(=O)[C@H](N)CCc1ccccc1. The summed E-state index contributed by atoms with van der Waals surface area (Å²) in [7, 11) is 0. The Kier molecular flexibility index (Phi) is 19.1. The first kappa shape index (κ1) is 48.8. The van der Waals surface area contributed by atoms with Gasteiger partial charge in [-0.25, -0.2) is 14.8 Å². The van der Waals surface area contributed by atoms with Crippen molar-refractivity contribution in [2.24, 2.45) is 5.73 Å². The summed E-state index contributed by atoms with van der Waals surface area (Å²) in [4.78, 5) is 70.3. The molecule has 11 N–H and O–H groups in total. The molecule has 2 heterocycles. The number of hydrogen-bond acceptors (Lipinski definition) is 11. The largest absolute Gasteiger partial charge is 0.444 e. The van der Waals surface area contributed by atoms with Gasteiger partial charge in [-0.1, -0.05) is 60.7 Å². The van der Waals surface area contributed by atoms with Crippen LogP contribution in [0.2, 0.25) is 0 Å². The highest BCUT2D eigenvalue weighted by atomic mass is 16.6. The molecule has 0 aliphatic carbocycles. The molecule has 61 heavy (non-hydrogen) atoms. The van der Waals surface area contributed by atoms with E-state index < -0.39 is 41.8 Å². The fraction of sp³-hybridized carbons (Fsp3) is 0.400. The highest BCUT2D eigenvalue weighted by molar-refractivity contribution is 5.91. The van der Waals surface area contributed by atoms with Crippen LogP contribution in [0, 0.1) is 13.8 Å². The lowest BCUT2D eigenvalue weighted by molar-refractivity contribution is -0.129. The number of pyridine rings is 2. The van der Waals surface area contributed by atoms with Gasteiger partial charge in [-0.2, -0.15) is 0 Å². The molecule has 0 saturated heterocycles. The second-order valence-corrected chi connectivity index (χ2v) is 15.8. The van der Waals surface area contributed by atoms with Gasteiger partial charge in [0.1, 0.15) is 35.4 Å². The molecule has 0 saturated carbocycles. The second-order valence-electron chi connectivity index (χ2n) is 15.8. The van der Waals surface area contributed by atoms with E-state index in [1.807, 2.05) is 74.5 Å². The molecule has 0 bridgehead atoms. The lowest BCUT2D eigenvalue weighted by Gasteiger charge is -2.24. The quantitative estimate of drug-likeness (QED) is 0.0761. The van der Waals surface area contributed by atoms with E-state index in [1.165, 1.54) is 0 Å². The molecular formula is C45H62N10O6. The lowest BCUT2D eigenvalue weighted by Crippen LogP contribution is -2.53. The van der Waals surface area contributed by atoms with Gasteiger partial charge in [-0.05, 0) is 120 Å². The Morgan fingerprint density at radius 3 is 1.49 bits per heavy atom. The number of carbonyl (C=O) groups is 5. The summed E-state index contributed by atoms with van der Waals surface area (Å²) in [5.41, 5.74) is 22.2. The maximum absolute atomic E-state index is 13.0. The van der Waals surface area contributed by atoms with Crippen LogP contribution in [-0.2, 0) is 49.8 Å². The van der Waals surface area contributed by atoms with E-state index in [4.69, 9.17) is 21.9 Å². The van der Waals surface area contributed by atoms with Gasteiger partial charge in [0.25, 0.3) is 0 Å². The molecule has 0 radical (unpaired) electrons. The van der Waals surface area contributed by atoms with E-state index in [0.717, 1.165) is 33.4 Å². The van der Waals surface area contributed by atoms with Crippen LogP contribution in [0.4, 0.5) is 16.4 Å². The molecule has 4 aromatic rings. The van der Waals surface area contributed by atoms with Gasteiger partial charge in [-0.3, -0.25) is 19.2 Å². The molecule has 4 rings (SSSR count). The molecule has 0 spiro atoms. The Balaban J connectivity index is 0.000000334.